The van der Waals surface area contributed by atoms with Crippen LogP contribution in [0.1, 0.15) is 45.1 Å². The molecule has 1 aromatic heterocycles. The predicted molar refractivity (Wildman–Crippen MR) is 134 cm³/mol. The van der Waals surface area contributed by atoms with Crippen LogP contribution in [0.5, 0.6) is 5.75 Å². The van der Waals surface area contributed by atoms with Crippen LogP contribution < -0.4 is 15.6 Å². The number of nitrogens with one attached hydrogen (secondary N) is 1. The first-order valence-corrected chi connectivity index (χ1v) is 11.3. The number of para-hydroxylation sites is 1. The zero-order valence-corrected chi connectivity index (χ0v) is 21.0. The lowest BCUT2D eigenvalue weighted by molar-refractivity contribution is 0.126. The Morgan fingerprint density at radius 1 is 1.18 bits per heavy atom. The Labute approximate surface area is 200 Å². The lowest BCUT2D eigenvalue weighted by Crippen LogP contribution is -2.50. The Morgan fingerprint density at radius 2 is 1.88 bits per heavy atom. The van der Waals surface area contributed by atoms with Gasteiger partial charge in [-0.3, -0.25) is 9.36 Å². The number of hydrogen-bond donors (Lipinski definition) is 1. The van der Waals surface area contributed by atoms with Crippen molar-refractivity contribution < 1.29 is 14.3 Å². The Morgan fingerprint density at radius 3 is 2.53 bits per heavy atom. The van der Waals surface area contributed by atoms with Crippen molar-refractivity contribution in [1.29, 1.82) is 0 Å². The minimum atomic E-state index is -0.542. The van der Waals surface area contributed by atoms with E-state index in [1.165, 1.54) is 0 Å². The molecule has 0 radical (unpaired) electrons. The highest BCUT2D eigenvalue weighted by Gasteiger charge is 2.29. The van der Waals surface area contributed by atoms with Crippen molar-refractivity contribution >= 4 is 16.9 Å². The Kier molecular flexibility index (Phi) is 7.61. The van der Waals surface area contributed by atoms with Gasteiger partial charge in [-0.15, -0.1) is 0 Å². The number of carbonyl (C=O) groups excluding carboxylic acids is 1. The molecular weight excluding hydrogens is 432 g/mol. The number of methoxy groups -OCH3 is 2. The number of amides is 2. The summed E-state index contributed by atoms with van der Waals surface area (Å²) in [6.45, 7) is 10.3. The largest absolute Gasteiger partial charge is 0.495 e. The molecule has 0 saturated carbocycles. The van der Waals surface area contributed by atoms with Gasteiger partial charge in [0.1, 0.15) is 11.6 Å². The number of aromatic nitrogens is 2. The minimum Gasteiger partial charge on any atom is -0.495 e. The third kappa shape index (κ3) is 5.39. The SMILES string of the molecule is COCCN(C(=O)NC(C)(C)C)C(C)c1nc2ccccc2c(=O)n1-c1cc(C)ccc1OC. The highest BCUT2D eigenvalue weighted by atomic mass is 16.5. The molecule has 0 spiro atoms. The molecule has 1 heterocycles. The van der Waals surface area contributed by atoms with Crippen molar-refractivity contribution in [3.63, 3.8) is 0 Å². The lowest BCUT2D eigenvalue weighted by Gasteiger charge is -2.33. The van der Waals surface area contributed by atoms with E-state index in [0.717, 1.165) is 5.56 Å². The normalized spacial score (nSPS) is 12.4. The average molecular weight is 467 g/mol. The van der Waals surface area contributed by atoms with Gasteiger partial charge in [-0.25, -0.2) is 9.78 Å². The average Bonchev–Trinajstić information content (AvgIpc) is 2.78. The van der Waals surface area contributed by atoms with Gasteiger partial charge in [-0.05, 0) is 64.4 Å². The number of benzene rings is 2. The number of ether oxygens (including phenoxy) is 2. The molecule has 0 aliphatic rings. The van der Waals surface area contributed by atoms with Gasteiger partial charge in [-0.1, -0.05) is 18.2 Å². The zero-order valence-electron chi connectivity index (χ0n) is 21.0. The second-order valence-corrected chi connectivity index (χ2v) is 9.35. The van der Waals surface area contributed by atoms with Crippen LogP contribution >= 0.6 is 0 Å². The van der Waals surface area contributed by atoms with Crippen LogP contribution in [0, 0.1) is 6.92 Å². The van der Waals surface area contributed by atoms with E-state index in [1.54, 1.807) is 35.8 Å². The van der Waals surface area contributed by atoms with Crippen molar-refractivity contribution in [2.45, 2.75) is 46.2 Å². The standard InChI is InChI=1S/C26H34N4O4/c1-17-12-13-22(34-7)21(16-17)30-23(27-20-11-9-8-10-19(20)24(30)31)18(2)29(14-15-33-6)25(32)28-26(3,4)5/h8-13,16,18H,14-15H2,1-7H3,(H,28,32). The van der Waals surface area contributed by atoms with E-state index in [9.17, 15) is 9.59 Å². The van der Waals surface area contributed by atoms with Crippen LogP contribution in [0.25, 0.3) is 16.6 Å². The van der Waals surface area contributed by atoms with Crippen LogP contribution in [0.2, 0.25) is 0 Å². The van der Waals surface area contributed by atoms with Gasteiger partial charge >= 0.3 is 6.03 Å². The quantitative estimate of drug-likeness (QED) is 0.564. The first-order chi connectivity index (χ1) is 16.1. The summed E-state index contributed by atoms with van der Waals surface area (Å²) in [5.74, 6) is 0.980. The summed E-state index contributed by atoms with van der Waals surface area (Å²) in [6, 6.07) is 12.1. The molecule has 1 atom stereocenters. The van der Waals surface area contributed by atoms with Gasteiger partial charge in [-0.2, -0.15) is 0 Å². The highest BCUT2D eigenvalue weighted by molar-refractivity contribution is 5.79. The second kappa shape index (κ2) is 10.3. The van der Waals surface area contributed by atoms with Crippen LogP contribution in [0.3, 0.4) is 0 Å². The molecule has 8 nitrogen and oxygen atoms in total. The Balaban J connectivity index is 2.28. The number of carbonyl (C=O) groups is 1. The summed E-state index contributed by atoms with van der Waals surface area (Å²) in [4.78, 5) is 33.6. The molecule has 34 heavy (non-hydrogen) atoms. The topological polar surface area (TPSA) is 85.7 Å². The summed E-state index contributed by atoms with van der Waals surface area (Å²) >= 11 is 0. The van der Waals surface area contributed by atoms with Gasteiger partial charge in [0.25, 0.3) is 5.56 Å². The van der Waals surface area contributed by atoms with E-state index in [2.05, 4.69) is 5.32 Å². The maximum Gasteiger partial charge on any atom is 0.318 e. The summed E-state index contributed by atoms with van der Waals surface area (Å²) in [5.41, 5.74) is 1.46. The molecular formula is C26H34N4O4. The van der Waals surface area contributed by atoms with Gasteiger partial charge in [0.15, 0.2) is 0 Å². The van der Waals surface area contributed by atoms with E-state index in [4.69, 9.17) is 14.5 Å². The Hall–Kier alpha value is -3.39. The summed E-state index contributed by atoms with van der Waals surface area (Å²) in [6.07, 6.45) is 0. The van der Waals surface area contributed by atoms with Crippen LogP contribution in [0.15, 0.2) is 47.3 Å². The molecule has 2 amide bonds. The number of aryl methyl sites for hydroxylation is 1. The summed E-state index contributed by atoms with van der Waals surface area (Å²) in [5, 5.41) is 3.50. The van der Waals surface area contributed by atoms with E-state index >= 15 is 0 Å². The van der Waals surface area contributed by atoms with Crippen LogP contribution in [-0.2, 0) is 4.74 Å². The van der Waals surface area contributed by atoms with Gasteiger partial charge in [0, 0.05) is 19.2 Å². The van der Waals surface area contributed by atoms with Gasteiger partial charge < -0.3 is 19.7 Å². The van der Waals surface area contributed by atoms with Crippen molar-refractivity contribution in [1.82, 2.24) is 19.8 Å². The molecule has 8 heteroatoms. The summed E-state index contributed by atoms with van der Waals surface area (Å²) in [7, 11) is 3.16. The third-order valence-corrected chi connectivity index (χ3v) is 5.50. The van der Waals surface area contributed by atoms with Crippen LogP contribution in [0.4, 0.5) is 4.79 Å². The maximum atomic E-state index is 13.8. The third-order valence-electron chi connectivity index (χ3n) is 5.50. The zero-order chi connectivity index (χ0) is 25.0. The number of nitrogens with zero attached hydrogens (tertiary/aromatic N) is 3. The van der Waals surface area contributed by atoms with Crippen LogP contribution in [-0.4, -0.2) is 53.4 Å². The van der Waals surface area contributed by atoms with E-state index in [-0.39, 0.29) is 11.6 Å². The smallest absolute Gasteiger partial charge is 0.318 e. The van der Waals surface area contributed by atoms with Crippen molar-refractivity contribution in [3.05, 3.63) is 64.2 Å². The monoisotopic (exact) mass is 466 g/mol. The molecule has 2 aromatic carbocycles. The molecule has 0 fully saturated rings. The van der Waals surface area contributed by atoms with Crippen molar-refractivity contribution in [3.8, 4) is 11.4 Å². The maximum absolute atomic E-state index is 13.8. The fourth-order valence-corrected chi connectivity index (χ4v) is 3.83. The predicted octanol–water partition coefficient (Wildman–Crippen LogP) is 4.22. The number of hydrogen-bond acceptors (Lipinski definition) is 5. The van der Waals surface area contributed by atoms with Crippen molar-refractivity contribution in [2.24, 2.45) is 0 Å². The molecule has 3 rings (SSSR count). The molecule has 1 N–H and O–H groups in total. The molecule has 0 saturated heterocycles. The molecule has 182 valence electrons. The lowest BCUT2D eigenvalue weighted by atomic mass is 10.1. The first-order valence-electron chi connectivity index (χ1n) is 11.3. The minimum absolute atomic E-state index is 0.223. The summed E-state index contributed by atoms with van der Waals surface area (Å²) < 4.78 is 12.4. The van der Waals surface area contributed by atoms with Crippen molar-refractivity contribution in [2.75, 3.05) is 27.4 Å². The van der Waals surface area contributed by atoms with Gasteiger partial charge in [0.2, 0.25) is 0 Å². The fraction of sp³-hybridized carbons (Fsp3) is 0.423. The van der Waals surface area contributed by atoms with E-state index in [1.807, 2.05) is 65.0 Å². The molecule has 0 aliphatic carbocycles. The molecule has 0 aliphatic heterocycles. The van der Waals surface area contributed by atoms with E-state index in [0.29, 0.717) is 41.3 Å². The number of rotatable bonds is 7. The molecule has 0 bridgehead atoms. The number of fused-ring (bicyclic) bond motifs is 1. The van der Waals surface area contributed by atoms with E-state index < -0.39 is 11.6 Å². The highest BCUT2D eigenvalue weighted by Crippen LogP contribution is 2.28. The molecule has 3 aromatic rings. The molecule has 1 unspecified atom stereocenters. The Bertz CT molecular complexity index is 1230. The second-order valence-electron chi connectivity index (χ2n) is 9.35. The number of urea groups is 1. The first kappa shape index (κ1) is 25.2. The van der Waals surface area contributed by atoms with Gasteiger partial charge in [0.05, 0.1) is 36.3 Å². The fourth-order valence-electron chi connectivity index (χ4n) is 3.83.